The molecule has 0 bridgehead atoms. The highest BCUT2D eigenvalue weighted by Gasteiger charge is 2.13. The number of hydrogen-bond donors (Lipinski definition) is 3. The summed E-state index contributed by atoms with van der Waals surface area (Å²) in [6, 6.07) is 2.20. The molecule has 0 aliphatic heterocycles. The molecule has 0 radical (unpaired) electrons. The van der Waals surface area contributed by atoms with Crippen LogP contribution in [0.4, 0.5) is 15.8 Å². The van der Waals surface area contributed by atoms with Gasteiger partial charge in [-0.15, -0.1) is 0 Å². The molecule has 0 atom stereocenters. The van der Waals surface area contributed by atoms with Crippen LogP contribution in [0.2, 0.25) is 0 Å². The average molecular weight is 268 g/mol. The van der Waals surface area contributed by atoms with Crippen LogP contribution in [0, 0.1) is 5.82 Å². The van der Waals surface area contributed by atoms with Crippen molar-refractivity contribution < 1.29 is 14.0 Å². The zero-order chi connectivity index (χ0) is 14.6. The van der Waals surface area contributed by atoms with Gasteiger partial charge in [-0.3, -0.25) is 9.59 Å². The number of anilines is 2. The molecule has 0 unspecified atom stereocenters. The Balaban J connectivity index is 2.87. The maximum Gasteiger partial charge on any atom is 0.250 e. The number of amides is 2. The number of nitrogen functional groups attached to an aromatic ring is 1. The summed E-state index contributed by atoms with van der Waals surface area (Å²) in [4.78, 5) is 24.1. The normalized spacial score (nSPS) is 10.1. The molecule has 6 nitrogen and oxygen atoms in total. The second-order valence-corrected chi connectivity index (χ2v) is 4.05. The summed E-state index contributed by atoms with van der Waals surface area (Å²) in [6.07, 6.45) is 0. The fourth-order valence-corrected chi connectivity index (χ4v) is 1.42. The van der Waals surface area contributed by atoms with E-state index in [1.165, 1.54) is 11.0 Å². The van der Waals surface area contributed by atoms with Gasteiger partial charge in [0.15, 0.2) is 0 Å². The number of halogens is 1. The standard InChI is InChI=1S/C12H17FN4O2/c1-3-17(2)11(18)6-16-10-4-7(12(15)19)9(14)5-8(10)13/h4-5,16H,3,6,14H2,1-2H3,(H2,15,19). The molecular formula is C12H17FN4O2. The fourth-order valence-electron chi connectivity index (χ4n) is 1.42. The van der Waals surface area contributed by atoms with Crippen LogP contribution in [-0.2, 0) is 4.79 Å². The number of primary amides is 1. The van der Waals surface area contributed by atoms with Gasteiger partial charge in [-0.2, -0.15) is 0 Å². The summed E-state index contributed by atoms with van der Waals surface area (Å²) in [6.45, 7) is 2.30. The van der Waals surface area contributed by atoms with E-state index in [-0.39, 0.29) is 29.4 Å². The van der Waals surface area contributed by atoms with Crippen molar-refractivity contribution in [1.82, 2.24) is 4.90 Å². The van der Waals surface area contributed by atoms with Gasteiger partial charge in [0.25, 0.3) is 5.91 Å². The van der Waals surface area contributed by atoms with Gasteiger partial charge in [0.1, 0.15) is 5.82 Å². The minimum atomic E-state index is -0.752. The lowest BCUT2D eigenvalue weighted by atomic mass is 10.1. The Morgan fingerprint density at radius 2 is 2.05 bits per heavy atom. The molecule has 2 amide bonds. The lowest BCUT2D eigenvalue weighted by Gasteiger charge is -2.16. The Hall–Kier alpha value is -2.31. The predicted molar refractivity (Wildman–Crippen MR) is 71.1 cm³/mol. The van der Waals surface area contributed by atoms with Crippen LogP contribution in [0.5, 0.6) is 0 Å². The monoisotopic (exact) mass is 268 g/mol. The van der Waals surface area contributed by atoms with E-state index in [9.17, 15) is 14.0 Å². The number of hydrogen-bond acceptors (Lipinski definition) is 4. The lowest BCUT2D eigenvalue weighted by molar-refractivity contribution is -0.127. The molecule has 7 heteroatoms. The van der Waals surface area contributed by atoms with Gasteiger partial charge in [0.05, 0.1) is 17.8 Å². The van der Waals surface area contributed by atoms with E-state index in [1.807, 2.05) is 6.92 Å². The van der Waals surface area contributed by atoms with E-state index in [1.54, 1.807) is 7.05 Å². The van der Waals surface area contributed by atoms with Crippen LogP contribution in [0.3, 0.4) is 0 Å². The molecule has 0 saturated heterocycles. The van der Waals surface area contributed by atoms with E-state index in [0.29, 0.717) is 6.54 Å². The van der Waals surface area contributed by atoms with Gasteiger partial charge >= 0.3 is 0 Å². The van der Waals surface area contributed by atoms with Crippen molar-refractivity contribution >= 4 is 23.2 Å². The number of carbonyl (C=O) groups is 2. The molecule has 19 heavy (non-hydrogen) atoms. The number of nitrogens with one attached hydrogen (secondary N) is 1. The molecule has 0 fully saturated rings. The number of nitrogens with zero attached hydrogens (tertiary/aromatic N) is 1. The Bertz CT molecular complexity index is 505. The fraction of sp³-hybridized carbons (Fsp3) is 0.333. The second-order valence-electron chi connectivity index (χ2n) is 4.05. The van der Waals surface area contributed by atoms with E-state index in [0.717, 1.165) is 6.07 Å². The van der Waals surface area contributed by atoms with Gasteiger partial charge in [-0.05, 0) is 19.1 Å². The molecule has 1 aromatic carbocycles. The number of rotatable bonds is 5. The van der Waals surface area contributed by atoms with Crippen molar-refractivity contribution in [1.29, 1.82) is 0 Å². The van der Waals surface area contributed by atoms with Crippen molar-refractivity contribution in [3.8, 4) is 0 Å². The average Bonchev–Trinajstić information content (AvgIpc) is 2.35. The second kappa shape index (κ2) is 6.03. The summed E-state index contributed by atoms with van der Waals surface area (Å²) in [5, 5.41) is 2.62. The molecule has 0 spiro atoms. The molecule has 1 aromatic rings. The van der Waals surface area contributed by atoms with Crippen molar-refractivity contribution in [2.75, 3.05) is 31.2 Å². The third-order valence-electron chi connectivity index (χ3n) is 2.73. The number of nitrogens with two attached hydrogens (primary N) is 2. The topological polar surface area (TPSA) is 101 Å². The third kappa shape index (κ3) is 3.57. The Labute approximate surface area is 110 Å². The van der Waals surface area contributed by atoms with E-state index < -0.39 is 11.7 Å². The molecule has 104 valence electrons. The van der Waals surface area contributed by atoms with Gasteiger partial charge in [-0.1, -0.05) is 0 Å². The van der Waals surface area contributed by atoms with Crippen LogP contribution in [0.25, 0.3) is 0 Å². The predicted octanol–water partition coefficient (Wildman–Crippen LogP) is 0.397. The summed E-state index contributed by atoms with van der Waals surface area (Å²) in [5.41, 5.74) is 10.6. The van der Waals surface area contributed by atoms with Crippen LogP contribution in [0.15, 0.2) is 12.1 Å². The van der Waals surface area contributed by atoms with Crippen LogP contribution < -0.4 is 16.8 Å². The highest BCUT2D eigenvalue weighted by Crippen LogP contribution is 2.21. The van der Waals surface area contributed by atoms with Crippen LogP contribution in [0.1, 0.15) is 17.3 Å². The maximum absolute atomic E-state index is 13.6. The Morgan fingerprint density at radius 1 is 1.42 bits per heavy atom. The molecule has 0 saturated carbocycles. The maximum atomic E-state index is 13.6. The first-order valence-electron chi connectivity index (χ1n) is 5.73. The summed E-state index contributed by atoms with van der Waals surface area (Å²) in [7, 11) is 1.64. The first-order valence-corrected chi connectivity index (χ1v) is 5.73. The zero-order valence-corrected chi connectivity index (χ0v) is 10.9. The molecular weight excluding hydrogens is 251 g/mol. The molecule has 0 heterocycles. The lowest BCUT2D eigenvalue weighted by Crippen LogP contribution is -2.32. The quantitative estimate of drug-likeness (QED) is 0.672. The van der Waals surface area contributed by atoms with E-state index >= 15 is 0 Å². The molecule has 5 N–H and O–H groups in total. The smallest absolute Gasteiger partial charge is 0.250 e. The third-order valence-corrected chi connectivity index (χ3v) is 2.73. The number of benzene rings is 1. The summed E-state index contributed by atoms with van der Waals surface area (Å²) < 4.78 is 13.6. The zero-order valence-electron chi connectivity index (χ0n) is 10.9. The molecule has 0 aliphatic rings. The first kappa shape index (κ1) is 14.7. The van der Waals surface area contributed by atoms with E-state index in [2.05, 4.69) is 5.32 Å². The van der Waals surface area contributed by atoms with Gasteiger partial charge in [0.2, 0.25) is 5.91 Å². The first-order chi connectivity index (χ1) is 8.86. The van der Waals surface area contributed by atoms with Gasteiger partial charge in [-0.25, -0.2) is 4.39 Å². The van der Waals surface area contributed by atoms with Crippen molar-refractivity contribution in [3.63, 3.8) is 0 Å². The molecule has 0 aliphatic carbocycles. The highest BCUT2D eigenvalue weighted by molar-refractivity contribution is 5.99. The summed E-state index contributed by atoms with van der Waals surface area (Å²) >= 11 is 0. The molecule has 0 aromatic heterocycles. The van der Waals surface area contributed by atoms with Crippen molar-refractivity contribution in [2.45, 2.75) is 6.92 Å². The van der Waals surface area contributed by atoms with Gasteiger partial charge in [0, 0.05) is 19.3 Å². The van der Waals surface area contributed by atoms with Crippen molar-refractivity contribution in [3.05, 3.63) is 23.5 Å². The minimum absolute atomic E-state index is 0.0141. The van der Waals surface area contributed by atoms with Crippen molar-refractivity contribution in [2.24, 2.45) is 5.73 Å². The Kier molecular flexibility index (Phi) is 4.68. The van der Waals surface area contributed by atoms with E-state index in [4.69, 9.17) is 11.5 Å². The minimum Gasteiger partial charge on any atom is -0.398 e. The van der Waals surface area contributed by atoms with Crippen LogP contribution >= 0.6 is 0 Å². The number of likely N-dealkylation sites (N-methyl/N-ethyl adjacent to an activating group) is 1. The molecule has 1 rings (SSSR count). The van der Waals surface area contributed by atoms with Gasteiger partial charge < -0.3 is 21.7 Å². The highest BCUT2D eigenvalue weighted by atomic mass is 19.1. The Morgan fingerprint density at radius 3 is 2.58 bits per heavy atom. The SMILES string of the molecule is CCN(C)C(=O)CNc1cc(C(N)=O)c(N)cc1F. The van der Waals surface area contributed by atoms with Crippen LogP contribution in [-0.4, -0.2) is 36.9 Å². The number of carbonyl (C=O) groups excluding carboxylic acids is 2. The summed E-state index contributed by atoms with van der Waals surface area (Å²) in [5.74, 6) is -1.59. The largest absolute Gasteiger partial charge is 0.398 e.